The van der Waals surface area contributed by atoms with Crippen molar-refractivity contribution in [2.45, 2.75) is 32.6 Å². The summed E-state index contributed by atoms with van der Waals surface area (Å²) < 4.78 is 3.78. The zero-order valence-electron chi connectivity index (χ0n) is 10.8. The molecule has 0 atom stereocenters. The van der Waals surface area contributed by atoms with Crippen LogP contribution in [0, 0.1) is 12.8 Å². The lowest BCUT2D eigenvalue weighted by Crippen LogP contribution is -2.38. The Balaban J connectivity index is 1.85. The number of nitrogens with zero attached hydrogens (tertiary/aromatic N) is 3. The predicted octanol–water partition coefficient (Wildman–Crippen LogP) is 1.56. The van der Waals surface area contributed by atoms with Crippen LogP contribution in [0.15, 0.2) is 0 Å². The number of carboxylic acids is 1. The summed E-state index contributed by atoms with van der Waals surface area (Å²) in [5.74, 6) is -0.324. The molecule has 2 heterocycles. The van der Waals surface area contributed by atoms with Gasteiger partial charge < -0.3 is 10.0 Å². The fraction of sp³-hybridized carbons (Fsp3) is 0.667. The molecular weight excluding hydrogens is 266 g/mol. The Bertz CT molecular complexity index is 467. The average molecular weight is 283 g/mol. The highest BCUT2D eigenvalue weighted by Gasteiger charge is 2.26. The van der Waals surface area contributed by atoms with Crippen LogP contribution in [-0.2, 0) is 4.79 Å². The maximum absolute atomic E-state index is 12.2. The van der Waals surface area contributed by atoms with E-state index in [1.165, 1.54) is 0 Å². The molecule has 104 valence electrons. The van der Waals surface area contributed by atoms with E-state index in [1.54, 1.807) is 6.92 Å². The van der Waals surface area contributed by atoms with Crippen molar-refractivity contribution in [3.8, 4) is 0 Å². The maximum Gasteiger partial charge on any atom is 0.303 e. The minimum absolute atomic E-state index is 0.00387. The number of carbonyl (C=O) groups excluding carboxylic acids is 1. The largest absolute Gasteiger partial charge is 0.481 e. The van der Waals surface area contributed by atoms with Gasteiger partial charge in [0.25, 0.3) is 5.91 Å². The van der Waals surface area contributed by atoms with Crippen molar-refractivity contribution in [1.82, 2.24) is 14.5 Å². The Morgan fingerprint density at radius 1 is 1.42 bits per heavy atom. The Hall–Kier alpha value is -1.50. The van der Waals surface area contributed by atoms with Gasteiger partial charge in [0, 0.05) is 19.5 Å². The number of likely N-dealkylation sites (tertiary alicyclic amines) is 1. The van der Waals surface area contributed by atoms with Crippen LogP contribution < -0.4 is 0 Å². The number of amides is 1. The van der Waals surface area contributed by atoms with Crippen LogP contribution in [0.25, 0.3) is 0 Å². The van der Waals surface area contributed by atoms with Crippen molar-refractivity contribution in [2.75, 3.05) is 13.1 Å². The second kappa shape index (κ2) is 6.10. The molecule has 1 saturated heterocycles. The van der Waals surface area contributed by atoms with E-state index in [-0.39, 0.29) is 12.3 Å². The topological polar surface area (TPSA) is 83.4 Å². The fourth-order valence-electron chi connectivity index (χ4n) is 2.32. The van der Waals surface area contributed by atoms with Gasteiger partial charge in [-0.15, -0.1) is 5.10 Å². The van der Waals surface area contributed by atoms with Crippen LogP contribution in [0.4, 0.5) is 0 Å². The molecule has 1 aliphatic heterocycles. The zero-order chi connectivity index (χ0) is 13.8. The Morgan fingerprint density at radius 2 is 2.11 bits per heavy atom. The maximum atomic E-state index is 12.2. The minimum Gasteiger partial charge on any atom is -0.481 e. The molecule has 0 saturated carbocycles. The number of carboxylic acid groups (broad SMARTS) is 1. The van der Waals surface area contributed by atoms with Crippen molar-refractivity contribution in [1.29, 1.82) is 0 Å². The first-order valence-electron chi connectivity index (χ1n) is 6.38. The highest BCUT2D eigenvalue weighted by molar-refractivity contribution is 7.07. The second-order valence-corrected chi connectivity index (χ2v) is 5.61. The first kappa shape index (κ1) is 13.9. The van der Waals surface area contributed by atoms with Crippen LogP contribution in [0.1, 0.15) is 41.0 Å². The molecule has 19 heavy (non-hydrogen) atoms. The van der Waals surface area contributed by atoms with Crippen molar-refractivity contribution >= 4 is 23.4 Å². The van der Waals surface area contributed by atoms with Gasteiger partial charge in [0.1, 0.15) is 4.88 Å². The lowest BCUT2D eigenvalue weighted by molar-refractivity contribution is -0.137. The van der Waals surface area contributed by atoms with Gasteiger partial charge in [-0.25, -0.2) is 0 Å². The van der Waals surface area contributed by atoms with Crippen molar-refractivity contribution in [3.63, 3.8) is 0 Å². The number of aryl methyl sites for hydroxylation is 1. The van der Waals surface area contributed by atoms with Gasteiger partial charge in [-0.05, 0) is 43.6 Å². The molecule has 2 rings (SSSR count). The zero-order valence-corrected chi connectivity index (χ0v) is 11.7. The van der Waals surface area contributed by atoms with Gasteiger partial charge in [-0.3, -0.25) is 9.59 Å². The number of rotatable bonds is 4. The summed E-state index contributed by atoms with van der Waals surface area (Å²) in [4.78, 5) is 25.2. The normalized spacial score (nSPS) is 16.6. The highest BCUT2D eigenvalue weighted by Crippen LogP contribution is 2.24. The number of hydrogen-bond donors (Lipinski definition) is 1. The Kier molecular flexibility index (Phi) is 4.47. The van der Waals surface area contributed by atoms with Crippen molar-refractivity contribution in [2.24, 2.45) is 5.92 Å². The molecule has 1 aromatic heterocycles. The van der Waals surface area contributed by atoms with E-state index >= 15 is 0 Å². The molecule has 0 radical (unpaired) electrons. The monoisotopic (exact) mass is 283 g/mol. The first-order valence-corrected chi connectivity index (χ1v) is 7.15. The molecule has 0 aromatic carbocycles. The van der Waals surface area contributed by atoms with Crippen LogP contribution >= 0.6 is 11.5 Å². The van der Waals surface area contributed by atoms with Gasteiger partial charge >= 0.3 is 5.97 Å². The van der Waals surface area contributed by atoms with E-state index in [9.17, 15) is 9.59 Å². The van der Waals surface area contributed by atoms with E-state index in [4.69, 9.17) is 5.11 Å². The number of aromatic nitrogens is 2. The quantitative estimate of drug-likeness (QED) is 0.906. The third-order valence-corrected chi connectivity index (χ3v) is 4.33. The molecule has 7 heteroatoms. The molecule has 0 unspecified atom stereocenters. The summed E-state index contributed by atoms with van der Waals surface area (Å²) in [6, 6.07) is 0. The fourth-order valence-corrected chi connectivity index (χ4v) is 2.95. The van der Waals surface area contributed by atoms with Crippen molar-refractivity contribution < 1.29 is 14.7 Å². The van der Waals surface area contributed by atoms with Gasteiger partial charge in [-0.2, -0.15) is 0 Å². The van der Waals surface area contributed by atoms with E-state index in [0.29, 0.717) is 36.0 Å². The molecule has 1 aliphatic rings. The summed E-state index contributed by atoms with van der Waals surface area (Å²) in [6.45, 7) is 3.18. The van der Waals surface area contributed by atoms with Crippen LogP contribution in [0.3, 0.4) is 0 Å². The SMILES string of the molecule is Cc1nnsc1C(=O)N1CCC(CCC(=O)O)CC1. The van der Waals surface area contributed by atoms with Gasteiger partial charge in [-0.1, -0.05) is 4.49 Å². The minimum atomic E-state index is -0.745. The second-order valence-electron chi connectivity index (χ2n) is 4.86. The summed E-state index contributed by atoms with van der Waals surface area (Å²) in [5, 5.41) is 12.5. The van der Waals surface area contributed by atoms with Crippen LogP contribution in [0.5, 0.6) is 0 Å². The van der Waals surface area contributed by atoms with E-state index < -0.39 is 5.97 Å². The van der Waals surface area contributed by atoms with E-state index in [1.807, 2.05) is 4.90 Å². The molecule has 0 bridgehead atoms. The number of aliphatic carboxylic acids is 1. The number of hydrogen-bond acceptors (Lipinski definition) is 5. The Morgan fingerprint density at radius 3 is 2.63 bits per heavy atom. The first-order chi connectivity index (χ1) is 9.08. The molecule has 1 amide bonds. The van der Waals surface area contributed by atoms with Gasteiger partial charge in [0.2, 0.25) is 0 Å². The molecule has 0 aliphatic carbocycles. The van der Waals surface area contributed by atoms with Gasteiger partial charge in [0.05, 0.1) is 5.69 Å². The van der Waals surface area contributed by atoms with E-state index in [0.717, 1.165) is 24.4 Å². The summed E-state index contributed by atoms with van der Waals surface area (Å²) in [5.41, 5.74) is 0.683. The average Bonchev–Trinajstić information content (AvgIpc) is 2.82. The predicted molar refractivity (Wildman–Crippen MR) is 70.1 cm³/mol. The van der Waals surface area contributed by atoms with Gasteiger partial charge in [0.15, 0.2) is 0 Å². The smallest absolute Gasteiger partial charge is 0.303 e. The van der Waals surface area contributed by atoms with E-state index in [2.05, 4.69) is 9.59 Å². The van der Waals surface area contributed by atoms with Crippen LogP contribution in [-0.4, -0.2) is 44.6 Å². The molecular formula is C12H17N3O3S. The summed E-state index contributed by atoms with van der Waals surface area (Å²) in [6.07, 6.45) is 2.68. The number of piperidine rings is 1. The molecule has 1 fully saturated rings. The summed E-state index contributed by atoms with van der Waals surface area (Å²) >= 11 is 1.14. The van der Waals surface area contributed by atoms with Crippen LogP contribution in [0.2, 0.25) is 0 Å². The lowest BCUT2D eigenvalue weighted by atomic mass is 9.92. The molecule has 1 aromatic rings. The standard InChI is InChI=1S/C12H17N3O3S/c1-8-11(19-14-13-8)12(18)15-6-4-9(5-7-15)2-3-10(16)17/h9H,2-7H2,1H3,(H,16,17). The Labute approximate surface area is 115 Å². The summed E-state index contributed by atoms with van der Waals surface area (Å²) in [7, 11) is 0. The highest BCUT2D eigenvalue weighted by atomic mass is 32.1. The lowest BCUT2D eigenvalue weighted by Gasteiger charge is -2.31. The van der Waals surface area contributed by atoms with Crippen molar-refractivity contribution in [3.05, 3.63) is 10.6 Å². The molecule has 0 spiro atoms. The molecule has 1 N–H and O–H groups in total. The number of carbonyl (C=O) groups is 2. The third kappa shape index (κ3) is 3.50. The molecule has 6 nitrogen and oxygen atoms in total. The third-order valence-electron chi connectivity index (χ3n) is 3.51.